The van der Waals surface area contributed by atoms with Gasteiger partial charge in [0.2, 0.25) is 0 Å². The highest BCUT2D eigenvalue weighted by atomic mass is 16.5. The molecule has 0 radical (unpaired) electrons. The summed E-state index contributed by atoms with van der Waals surface area (Å²) in [5, 5.41) is 18.7. The zero-order valence-electron chi connectivity index (χ0n) is 11.1. The Kier molecular flexibility index (Phi) is 5.31. The van der Waals surface area contributed by atoms with E-state index in [-0.39, 0.29) is 0 Å². The molecule has 1 N–H and O–H groups in total. The average molecular weight is 267 g/mol. The molecule has 0 bridgehead atoms. The zero-order valence-corrected chi connectivity index (χ0v) is 11.1. The highest BCUT2D eigenvalue weighted by Gasteiger charge is 2.20. The van der Waals surface area contributed by atoms with Crippen LogP contribution in [0, 0.1) is 11.3 Å². The van der Waals surface area contributed by atoms with Crippen LogP contribution in [0.4, 0.5) is 0 Å². The Labute approximate surface area is 119 Å². The van der Waals surface area contributed by atoms with Gasteiger partial charge in [0, 0.05) is 6.42 Å². The molecule has 20 heavy (non-hydrogen) atoms. The predicted octanol–water partition coefficient (Wildman–Crippen LogP) is 2.70. The van der Waals surface area contributed by atoms with Crippen molar-refractivity contribution in [3.05, 3.63) is 71.8 Å². The monoisotopic (exact) mass is 267 g/mol. The van der Waals surface area contributed by atoms with Crippen molar-refractivity contribution in [1.29, 1.82) is 5.26 Å². The number of rotatable bonds is 6. The fourth-order valence-electron chi connectivity index (χ4n) is 1.97. The van der Waals surface area contributed by atoms with E-state index in [4.69, 9.17) is 10.00 Å². The van der Waals surface area contributed by atoms with Gasteiger partial charge in [-0.1, -0.05) is 60.7 Å². The average Bonchev–Trinajstić information content (AvgIpc) is 2.52. The number of hydrogen-bond acceptors (Lipinski definition) is 3. The van der Waals surface area contributed by atoms with Crippen molar-refractivity contribution in [3.8, 4) is 6.07 Å². The Morgan fingerprint density at radius 1 is 0.950 bits per heavy atom. The first kappa shape index (κ1) is 14.3. The first-order chi connectivity index (χ1) is 9.79. The Morgan fingerprint density at radius 3 is 2.05 bits per heavy atom. The molecule has 0 aliphatic heterocycles. The van der Waals surface area contributed by atoms with Crippen molar-refractivity contribution in [1.82, 2.24) is 0 Å². The van der Waals surface area contributed by atoms with Gasteiger partial charge in [0.1, 0.15) is 6.10 Å². The third-order valence-corrected chi connectivity index (χ3v) is 3.07. The lowest BCUT2D eigenvalue weighted by atomic mass is 10.0. The number of ether oxygens (including phenoxy) is 1. The zero-order chi connectivity index (χ0) is 14.2. The summed E-state index contributed by atoms with van der Waals surface area (Å²) in [6, 6.07) is 21.3. The molecule has 2 aromatic carbocycles. The summed E-state index contributed by atoms with van der Waals surface area (Å²) in [7, 11) is 0. The van der Waals surface area contributed by atoms with Gasteiger partial charge in [-0.05, 0) is 11.1 Å². The summed E-state index contributed by atoms with van der Waals surface area (Å²) in [4.78, 5) is 0. The van der Waals surface area contributed by atoms with Crippen LogP contribution in [0.2, 0.25) is 0 Å². The van der Waals surface area contributed by atoms with Crippen LogP contribution in [-0.2, 0) is 17.8 Å². The molecular formula is C17H17NO2. The maximum absolute atomic E-state index is 9.77. The summed E-state index contributed by atoms with van der Waals surface area (Å²) >= 11 is 0. The number of nitrogens with zero attached hydrogens (tertiary/aromatic N) is 1. The van der Waals surface area contributed by atoms with Gasteiger partial charge in [0.25, 0.3) is 0 Å². The topological polar surface area (TPSA) is 53.2 Å². The molecular weight excluding hydrogens is 250 g/mol. The van der Waals surface area contributed by atoms with E-state index in [1.54, 1.807) is 0 Å². The van der Waals surface area contributed by atoms with Crippen LogP contribution in [0.15, 0.2) is 60.7 Å². The van der Waals surface area contributed by atoms with Crippen LogP contribution in [0.5, 0.6) is 0 Å². The van der Waals surface area contributed by atoms with Crippen LogP contribution in [0.1, 0.15) is 11.1 Å². The van der Waals surface area contributed by atoms with Crippen molar-refractivity contribution in [2.24, 2.45) is 0 Å². The van der Waals surface area contributed by atoms with E-state index in [1.165, 1.54) is 0 Å². The molecule has 102 valence electrons. The van der Waals surface area contributed by atoms with Crippen LogP contribution in [0.25, 0.3) is 0 Å². The molecule has 2 rings (SSSR count). The molecule has 3 nitrogen and oxygen atoms in total. The van der Waals surface area contributed by atoms with Gasteiger partial charge in [-0.2, -0.15) is 5.26 Å². The summed E-state index contributed by atoms with van der Waals surface area (Å²) in [6.07, 6.45) is -1.14. The summed E-state index contributed by atoms with van der Waals surface area (Å²) in [5.74, 6) is 0. The third kappa shape index (κ3) is 4.20. The SMILES string of the molecule is N#C[C@@H](O)[C@H](Cc1ccccc1)OCc1ccccc1. The number of benzene rings is 2. The smallest absolute Gasteiger partial charge is 0.166 e. The van der Waals surface area contributed by atoms with E-state index in [0.29, 0.717) is 13.0 Å². The van der Waals surface area contributed by atoms with Crippen molar-refractivity contribution < 1.29 is 9.84 Å². The van der Waals surface area contributed by atoms with Gasteiger partial charge >= 0.3 is 0 Å². The highest BCUT2D eigenvalue weighted by molar-refractivity contribution is 5.17. The van der Waals surface area contributed by atoms with Crippen LogP contribution >= 0.6 is 0 Å². The van der Waals surface area contributed by atoms with E-state index < -0.39 is 12.2 Å². The number of aliphatic hydroxyl groups excluding tert-OH is 1. The van der Waals surface area contributed by atoms with Crippen molar-refractivity contribution in [2.75, 3.05) is 0 Å². The molecule has 0 saturated carbocycles. The standard InChI is InChI=1S/C17H17NO2/c18-12-16(19)17(11-14-7-3-1-4-8-14)20-13-15-9-5-2-6-10-15/h1-10,16-17,19H,11,13H2/t16-,17+/m1/s1. The molecule has 0 aliphatic rings. The van der Waals surface area contributed by atoms with E-state index >= 15 is 0 Å². The van der Waals surface area contributed by atoms with Gasteiger partial charge in [-0.3, -0.25) is 0 Å². The quantitative estimate of drug-likeness (QED) is 0.819. The molecule has 0 aromatic heterocycles. The van der Waals surface area contributed by atoms with Gasteiger partial charge in [-0.25, -0.2) is 0 Å². The third-order valence-electron chi connectivity index (χ3n) is 3.07. The Balaban J connectivity index is 1.99. The van der Waals surface area contributed by atoms with E-state index in [2.05, 4.69) is 0 Å². The van der Waals surface area contributed by atoms with E-state index in [1.807, 2.05) is 66.7 Å². The normalized spacial score (nSPS) is 13.4. The van der Waals surface area contributed by atoms with Crippen LogP contribution in [-0.4, -0.2) is 17.3 Å². The fourth-order valence-corrected chi connectivity index (χ4v) is 1.97. The molecule has 0 amide bonds. The maximum Gasteiger partial charge on any atom is 0.166 e. The molecule has 2 aromatic rings. The Morgan fingerprint density at radius 2 is 1.50 bits per heavy atom. The maximum atomic E-state index is 9.77. The number of nitriles is 1. The molecule has 0 heterocycles. The largest absolute Gasteiger partial charge is 0.375 e. The molecule has 0 spiro atoms. The van der Waals surface area contributed by atoms with Crippen molar-refractivity contribution in [3.63, 3.8) is 0 Å². The van der Waals surface area contributed by atoms with Crippen molar-refractivity contribution in [2.45, 2.75) is 25.2 Å². The summed E-state index contributed by atoms with van der Waals surface area (Å²) < 4.78 is 5.71. The number of aliphatic hydroxyl groups is 1. The van der Waals surface area contributed by atoms with Gasteiger partial charge in [-0.15, -0.1) is 0 Å². The molecule has 3 heteroatoms. The number of hydrogen-bond donors (Lipinski definition) is 1. The fraction of sp³-hybridized carbons (Fsp3) is 0.235. The second-order valence-corrected chi connectivity index (χ2v) is 4.60. The van der Waals surface area contributed by atoms with Gasteiger partial charge in [0.05, 0.1) is 12.7 Å². The van der Waals surface area contributed by atoms with Gasteiger partial charge in [0.15, 0.2) is 6.10 Å². The summed E-state index contributed by atoms with van der Waals surface area (Å²) in [6.45, 7) is 0.386. The van der Waals surface area contributed by atoms with Crippen molar-refractivity contribution >= 4 is 0 Å². The van der Waals surface area contributed by atoms with E-state index in [0.717, 1.165) is 11.1 Å². The first-order valence-electron chi connectivity index (χ1n) is 6.56. The lowest BCUT2D eigenvalue weighted by Gasteiger charge is -2.19. The van der Waals surface area contributed by atoms with Crippen LogP contribution < -0.4 is 0 Å². The Bertz CT molecular complexity index is 548. The van der Waals surface area contributed by atoms with E-state index in [9.17, 15) is 5.11 Å². The van der Waals surface area contributed by atoms with Gasteiger partial charge < -0.3 is 9.84 Å². The lowest BCUT2D eigenvalue weighted by Crippen LogP contribution is -2.29. The molecule has 0 unspecified atom stereocenters. The molecule has 0 saturated heterocycles. The van der Waals surface area contributed by atoms with Crippen LogP contribution in [0.3, 0.4) is 0 Å². The second-order valence-electron chi connectivity index (χ2n) is 4.60. The minimum Gasteiger partial charge on any atom is -0.375 e. The first-order valence-corrected chi connectivity index (χ1v) is 6.56. The minimum atomic E-state index is -1.13. The highest BCUT2D eigenvalue weighted by Crippen LogP contribution is 2.12. The second kappa shape index (κ2) is 7.44. The molecule has 0 fully saturated rings. The lowest BCUT2D eigenvalue weighted by molar-refractivity contribution is -0.0231. The summed E-state index contributed by atoms with van der Waals surface area (Å²) in [5.41, 5.74) is 2.07. The molecule has 0 aliphatic carbocycles. The minimum absolute atomic E-state index is 0.386. The molecule has 2 atom stereocenters. The Hall–Kier alpha value is -2.15. The predicted molar refractivity (Wildman–Crippen MR) is 76.8 cm³/mol.